The molecule has 0 unspecified atom stereocenters. The summed E-state index contributed by atoms with van der Waals surface area (Å²) in [5, 5.41) is 11.1. The molecule has 0 fully saturated rings. The number of halogens is 1. The average molecular weight is 227 g/mol. The van der Waals surface area contributed by atoms with Crippen molar-refractivity contribution in [1.29, 1.82) is 5.41 Å². The number of amidine groups is 1. The van der Waals surface area contributed by atoms with E-state index in [1.807, 2.05) is 6.07 Å². The van der Waals surface area contributed by atoms with Crippen LogP contribution in [0.25, 0.3) is 0 Å². The Morgan fingerprint density at radius 1 is 1.33 bits per heavy atom. The summed E-state index contributed by atoms with van der Waals surface area (Å²) in [4.78, 5) is 0. The van der Waals surface area contributed by atoms with Gasteiger partial charge in [-0.15, -0.1) is 0 Å². The highest BCUT2D eigenvalue weighted by Crippen LogP contribution is 2.35. The molecule has 80 valence electrons. The first kappa shape index (κ1) is 10.4. The monoisotopic (exact) mass is 226 g/mol. The van der Waals surface area contributed by atoms with Crippen LogP contribution in [0.4, 0.5) is 0 Å². The van der Waals surface area contributed by atoms with Gasteiger partial charge in [-0.3, -0.25) is 5.41 Å². The van der Waals surface area contributed by atoms with Crippen molar-refractivity contribution in [1.82, 2.24) is 5.32 Å². The molecule has 15 heavy (non-hydrogen) atoms. The lowest BCUT2D eigenvalue weighted by Gasteiger charge is -2.26. The van der Waals surface area contributed by atoms with Gasteiger partial charge < -0.3 is 14.8 Å². The minimum absolute atomic E-state index is 0.208. The first-order valence-electron chi connectivity index (χ1n) is 4.41. The van der Waals surface area contributed by atoms with Crippen molar-refractivity contribution >= 4 is 17.4 Å². The number of ether oxygens (including phenoxy) is 2. The van der Waals surface area contributed by atoms with Gasteiger partial charge in [0.1, 0.15) is 5.84 Å². The molecular weight excluding hydrogens is 216 g/mol. The van der Waals surface area contributed by atoms with Gasteiger partial charge in [0.15, 0.2) is 0 Å². The van der Waals surface area contributed by atoms with Gasteiger partial charge in [0.05, 0.1) is 5.02 Å². The number of fused-ring (bicyclic) bond motifs is 1. The van der Waals surface area contributed by atoms with E-state index >= 15 is 0 Å². The zero-order valence-electron chi connectivity index (χ0n) is 8.43. The maximum Gasteiger partial charge on any atom is 0.279 e. The summed E-state index contributed by atoms with van der Waals surface area (Å²) in [7, 11) is 3.03. The summed E-state index contributed by atoms with van der Waals surface area (Å²) in [5.74, 6) is -0.878. The molecule has 2 rings (SSSR count). The van der Waals surface area contributed by atoms with Crippen LogP contribution in [0.5, 0.6) is 0 Å². The van der Waals surface area contributed by atoms with Crippen LogP contribution in [-0.2, 0) is 15.4 Å². The van der Waals surface area contributed by atoms with Crippen LogP contribution in [0.2, 0.25) is 5.02 Å². The number of hydrogen-bond donors (Lipinski definition) is 2. The molecule has 1 aromatic rings. The van der Waals surface area contributed by atoms with E-state index in [4.69, 9.17) is 26.5 Å². The van der Waals surface area contributed by atoms with Crippen LogP contribution in [0, 0.1) is 5.41 Å². The number of methoxy groups -OCH3 is 2. The maximum atomic E-state index is 7.78. The third-order valence-corrected chi connectivity index (χ3v) is 2.80. The van der Waals surface area contributed by atoms with Crippen LogP contribution < -0.4 is 5.32 Å². The van der Waals surface area contributed by atoms with Crippen LogP contribution >= 0.6 is 11.6 Å². The van der Waals surface area contributed by atoms with E-state index in [0.29, 0.717) is 10.6 Å². The van der Waals surface area contributed by atoms with E-state index in [2.05, 4.69) is 5.32 Å². The van der Waals surface area contributed by atoms with E-state index in [0.717, 1.165) is 5.56 Å². The minimum atomic E-state index is -1.09. The van der Waals surface area contributed by atoms with Gasteiger partial charge in [-0.2, -0.15) is 0 Å². The van der Waals surface area contributed by atoms with Crippen molar-refractivity contribution in [3.05, 3.63) is 34.3 Å². The van der Waals surface area contributed by atoms with E-state index in [-0.39, 0.29) is 5.84 Å². The highest BCUT2D eigenvalue weighted by atomic mass is 35.5. The highest BCUT2D eigenvalue weighted by molar-refractivity contribution is 6.34. The molecule has 0 saturated carbocycles. The predicted octanol–water partition coefficient (Wildman–Crippen LogP) is 1.67. The summed E-state index contributed by atoms with van der Waals surface area (Å²) >= 11 is 6.01. The van der Waals surface area contributed by atoms with E-state index in [1.54, 1.807) is 12.1 Å². The Morgan fingerprint density at radius 3 is 2.60 bits per heavy atom. The molecule has 1 aliphatic heterocycles. The summed E-state index contributed by atoms with van der Waals surface area (Å²) in [6, 6.07) is 5.36. The molecule has 1 heterocycles. The smallest absolute Gasteiger partial charge is 0.279 e. The molecular formula is C10H11ClN2O2. The zero-order chi connectivity index (χ0) is 11.1. The van der Waals surface area contributed by atoms with Gasteiger partial charge >= 0.3 is 0 Å². The number of rotatable bonds is 2. The van der Waals surface area contributed by atoms with Crippen molar-refractivity contribution < 1.29 is 9.47 Å². The Hall–Kier alpha value is -1.10. The molecule has 0 aromatic heterocycles. The molecule has 0 spiro atoms. The molecule has 0 radical (unpaired) electrons. The third-order valence-electron chi connectivity index (χ3n) is 2.48. The molecule has 0 atom stereocenters. The Bertz CT molecular complexity index is 416. The third kappa shape index (κ3) is 1.33. The van der Waals surface area contributed by atoms with Gasteiger partial charge in [0, 0.05) is 25.3 Å². The van der Waals surface area contributed by atoms with Crippen LogP contribution in [-0.4, -0.2) is 20.1 Å². The fourth-order valence-corrected chi connectivity index (χ4v) is 2.02. The van der Waals surface area contributed by atoms with Gasteiger partial charge in [0.25, 0.3) is 5.91 Å². The fraction of sp³-hybridized carbons (Fsp3) is 0.300. The lowest BCUT2D eigenvalue weighted by atomic mass is 10.1. The highest BCUT2D eigenvalue weighted by Gasteiger charge is 2.43. The SMILES string of the molecule is COC1(OC)NC(=N)c2c(Cl)cccc21. The summed E-state index contributed by atoms with van der Waals surface area (Å²) in [5.41, 5.74) is 1.35. The van der Waals surface area contributed by atoms with Crippen LogP contribution in [0.1, 0.15) is 11.1 Å². The molecule has 0 bridgehead atoms. The van der Waals surface area contributed by atoms with E-state index in [1.165, 1.54) is 14.2 Å². The topological polar surface area (TPSA) is 54.3 Å². The van der Waals surface area contributed by atoms with Crippen LogP contribution in [0.15, 0.2) is 18.2 Å². The Kier molecular flexibility index (Phi) is 2.42. The number of hydrogen-bond acceptors (Lipinski definition) is 3. The molecule has 0 aliphatic carbocycles. The van der Waals surface area contributed by atoms with Crippen molar-refractivity contribution in [3.8, 4) is 0 Å². The van der Waals surface area contributed by atoms with E-state index in [9.17, 15) is 0 Å². The number of benzene rings is 1. The summed E-state index contributed by atoms with van der Waals surface area (Å²) < 4.78 is 10.5. The Balaban J connectivity index is 2.65. The molecule has 4 nitrogen and oxygen atoms in total. The van der Waals surface area contributed by atoms with Gasteiger partial charge in [-0.05, 0) is 6.07 Å². The van der Waals surface area contributed by atoms with Crippen molar-refractivity contribution in [2.75, 3.05) is 14.2 Å². The molecule has 0 saturated heterocycles. The summed E-state index contributed by atoms with van der Waals surface area (Å²) in [6.07, 6.45) is 0. The Morgan fingerprint density at radius 2 is 2.00 bits per heavy atom. The number of nitrogens with one attached hydrogen (secondary N) is 2. The maximum absolute atomic E-state index is 7.78. The second-order valence-electron chi connectivity index (χ2n) is 3.19. The van der Waals surface area contributed by atoms with Crippen molar-refractivity contribution in [2.45, 2.75) is 5.91 Å². The van der Waals surface area contributed by atoms with Gasteiger partial charge in [-0.25, -0.2) is 0 Å². The molecule has 1 aliphatic rings. The second-order valence-corrected chi connectivity index (χ2v) is 3.59. The lowest BCUT2D eigenvalue weighted by Crippen LogP contribution is -2.42. The normalized spacial score (nSPS) is 17.4. The lowest BCUT2D eigenvalue weighted by molar-refractivity contribution is -0.223. The quantitative estimate of drug-likeness (QED) is 0.755. The molecule has 1 aromatic carbocycles. The minimum Gasteiger partial charge on any atom is -0.332 e. The predicted molar refractivity (Wildman–Crippen MR) is 57.1 cm³/mol. The molecule has 0 amide bonds. The average Bonchev–Trinajstić information content (AvgIpc) is 2.54. The second kappa shape index (κ2) is 3.48. The van der Waals surface area contributed by atoms with Crippen LogP contribution in [0.3, 0.4) is 0 Å². The largest absolute Gasteiger partial charge is 0.332 e. The first-order valence-corrected chi connectivity index (χ1v) is 4.79. The van der Waals surface area contributed by atoms with Crippen molar-refractivity contribution in [2.24, 2.45) is 0 Å². The zero-order valence-corrected chi connectivity index (χ0v) is 9.18. The fourth-order valence-electron chi connectivity index (χ4n) is 1.75. The molecule has 2 N–H and O–H groups in total. The Labute approximate surface area is 92.7 Å². The van der Waals surface area contributed by atoms with Gasteiger partial charge in [0.2, 0.25) is 0 Å². The van der Waals surface area contributed by atoms with Gasteiger partial charge in [-0.1, -0.05) is 23.7 Å². The standard InChI is InChI=1S/C10H11ClN2O2/c1-14-10(15-2)6-4-3-5-7(11)8(6)9(12)13-10/h3-5H,1-2H3,(H2,12,13). The molecule has 5 heteroatoms. The summed E-state index contributed by atoms with van der Waals surface area (Å²) in [6.45, 7) is 0. The van der Waals surface area contributed by atoms with E-state index < -0.39 is 5.91 Å². The van der Waals surface area contributed by atoms with Crippen molar-refractivity contribution in [3.63, 3.8) is 0 Å². The first-order chi connectivity index (χ1) is 7.14.